The maximum Gasteiger partial charge on any atom is 0.338 e. The second-order valence-corrected chi connectivity index (χ2v) is 6.88. The van der Waals surface area contributed by atoms with Crippen molar-refractivity contribution in [3.8, 4) is 0 Å². The third-order valence-electron chi connectivity index (χ3n) is 4.50. The highest BCUT2D eigenvalue weighted by Crippen LogP contribution is 2.09. The van der Waals surface area contributed by atoms with Crippen LogP contribution in [0.1, 0.15) is 60.9 Å². The number of carbonyl (C=O) groups excluding carboxylic acids is 1. The lowest BCUT2D eigenvalue weighted by Crippen LogP contribution is -2.06. The zero-order chi connectivity index (χ0) is 19.7. The molecule has 2 rings (SSSR count). The van der Waals surface area contributed by atoms with Crippen molar-refractivity contribution in [2.24, 2.45) is 0 Å². The molecular weight excluding hydrogens is 348 g/mol. The molecule has 0 aliphatic carbocycles. The summed E-state index contributed by atoms with van der Waals surface area (Å²) in [7, 11) is 0. The van der Waals surface area contributed by atoms with Crippen molar-refractivity contribution >= 4 is 5.97 Å². The van der Waals surface area contributed by atoms with Crippen LogP contribution < -0.4 is 0 Å². The van der Waals surface area contributed by atoms with Crippen molar-refractivity contribution in [1.82, 2.24) is 0 Å². The summed E-state index contributed by atoms with van der Waals surface area (Å²) in [5.41, 5.74) is 1.84. The summed E-state index contributed by atoms with van der Waals surface area (Å²) in [6.45, 7) is 1.86. The van der Waals surface area contributed by atoms with Gasteiger partial charge >= 0.3 is 5.97 Å². The first-order chi connectivity index (χ1) is 13.9. The quantitative estimate of drug-likeness (QED) is 0.218. The van der Waals surface area contributed by atoms with Gasteiger partial charge in [0, 0.05) is 0 Å². The van der Waals surface area contributed by atoms with Crippen molar-refractivity contribution in [3.05, 3.63) is 83.9 Å². The van der Waals surface area contributed by atoms with Gasteiger partial charge < -0.3 is 9.47 Å². The van der Waals surface area contributed by atoms with E-state index in [-0.39, 0.29) is 5.97 Å². The number of rotatable bonds is 14. The fraction of sp³-hybridized carbons (Fsp3) is 0.400. The van der Waals surface area contributed by atoms with E-state index in [1.807, 2.05) is 36.4 Å². The summed E-state index contributed by atoms with van der Waals surface area (Å²) < 4.78 is 10.9. The highest BCUT2D eigenvalue weighted by atomic mass is 16.5. The highest BCUT2D eigenvalue weighted by molar-refractivity contribution is 5.89. The standard InChI is InChI=1S/C25H32O3/c26-25(24-18-12-9-13-19-24)28-21-15-7-5-3-1-2-4-6-14-20-27-22-23-16-10-8-11-17-23/h6,8-14,16-19H,1-5,7,15,20-22H2/b14-6+. The molecule has 3 heteroatoms. The second kappa shape index (κ2) is 14.6. The molecule has 0 fully saturated rings. The molecule has 150 valence electrons. The zero-order valence-electron chi connectivity index (χ0n) is 16.7. The maximum absolute atomic E-state index is 11.8. The monoisotopic (exact) mass is 380 g/mol. The molecule has 0 N–H and O–H groups in total. The molecule has 0 bridgehead atoms. The number of ether oxygens (including phenoxy) is 2. The maximum atomic E-state index is 11.8. The smallest absolute Gasteiger partial charge is 0.338 e. The Kier molecular flexibility index (Phi) is 11.5. The third kappa shape index (κ3) is 10.1. The largest absolute Gasteiger partial charge is 0.462 e. The predicted molar refractivity (Wildman–Crippen MR) is 114 cm³/mol. The predicted octanol–water partition coefficient (Wildman–Crippen LogP) is 6.35. The molecule has 0 atom stereocenters. The van der Waals surface area contributed by atoms with E-state index >= 15 is 0 Å². The minimum Gasteiger partial charge on any atom is -0.462 e. The number of esters is 1. The van der Waals surface area contributed by atoms with Crippen molar-refractivity contribution < 1.29 is 14.3 Å². The number of hydrogen-bond donors (Lipinski definition) is 0. The lowest BCUT2D eigenvalue weighted by atomic mass is 10.1. The molecule has 0 saturated carbocycles. The van der Waals surface area contributed by atoms with Gasteiger partial charge in [0.1, 0.15) is 0 Å². The molecule has 0 heterocycles. The second-order valence-electron chi connectivity index (χ2n) is 6.88. The summed E-state index contributed by atoms with van der Waals surface area (Å²) in [4.78, 5) is 11.8. The van der Waals surface area contributed by atoms with Crippen LogP contribution >= 0.6 is 0 Å². The summed E-state index contributed by atoms with van der Waals surface area (Å²) >= 11 is 0. The first-order valence-electron chi connectivity index (χ1n) is 10.3. The van der Waals surface area contributed by atoms with Crippen LogP contribution in [0.2, 0.25) is 0 Å². The molecule has 3 nitrogen and oxygen atoms in total. The van der Waals surface area contributed by atoms with Crippen LogP contribution in [0.15, 0.2) is 72.8 Å². The Hall–Kier alpha value is -2.39. The van der Waals surface area contributed by atoms with Gasteiger partial charge in [0.15, 0.2) is 0 Å². The van der Waals surface area contributed by atoms with Gasteiger partial charge in [-0.25, -0.2) is 4.79 Å². The zero-order valence-corrected chi connectivity index (χ0v) is 16.7. The van der Waals surface area contributed by atoms with Crippen LogP contribution in [-0.4, -0.2) is 19.2 Å². The Morgan fingerprint density at radius 2 is 1.39 bits per heavy atom. The van der Waals surface area contributed by atoms with Gasteiger partial charge in [-0.1, -0.05) is 86.4 Å². The van der Waals surface area contributed by atoms with Gasteiger partial charge in [-0.3, -0.25) is 0 Å². The molecule has 28 heavy (non-hydrogen) atoms. The highest BCUT2D eigenvalue weighted by Gasteiger charge is 2.04. The molecule has 0 aromatic heterocycles. The van der Waals surface area contributed by atoms with Gasteiger partial charge in [0.05, 0.1) is 25.4 Å². The Bertz CT molecular complexity index is 665. The van der Waals surface area contributed by atoms with Gasteiger partial charge in [-0.15, -0.1) is 0 Å². The molecule has 0 spiro atoms. The van der Waals surface area contributed by atoms with Gasteiger partial charge in [-0.05, 0) is 37.0 Å². The summed E-state index contributed by atoms with van der Waals surface area (Å²) in [5.74, 6) is -0.222. The van der Waals surface area contributed by atoms with Crippen molar-refractivity contribution in [3.63, 3.8) is 0 Å². The molecule has 0 unspecified atom stereocenters. The van der Waals surface area contributed by atoms with E-state index in [4.69, 9.17) is 9.47 Å². The van der Waals surface area contributed by atoms with Crippen molar-refractivity contribution in [1.29, 1.82) is 0 Å². The summed E-state index contributed by atoms with van der Waals surface area (Å²) in [6.07, 6.45) is 12.4. The Labute approximate surface area is 169 Å². The number of allylic oxidation sites excluding steroid dienone is 1. The fourth-order valence-corrected chi connectivity index (χ4v) is 2.90. The summed E-state index contributed by atoms with van der Waals surface area (Å²) in [5, 5.41) is 0. The van der Waals surface area contributed by atoms with E-state index in [0.717, 1.165) is 19.3 Å². The number of hydrogen-bond acceptors (Lipinski definition) is 3. The van der Waals surface area contributed by atoms with E-state index in [9.17, 15) is 4.79 Å². The van der Waals surface area contributed by atoms with Crippen LogP contribution in [0, 0.1) is 0 Å². The topological polar surface area (TPSA) is 35.5 Å². The molecule has 2 aromatic carbocycles. The van der Waals surface area contributed by atoms with E-state index in [0.29, 0.717) is 25.4 Å². The van der Waals surface area contributed by atoms with E-state index < -0.39 is 0 Å². The van der Waals surface area contributed by atoms with Crippen LogP contribution in [0.3, 0.4) is 0 Å². The summed E-state index contributed by atoms with van der Waals surface area (Å²) in [6, 6.07) is 19.4. The van der Waals surface area contributed by atoms with Gasteiger partial charge in [0.25, 0.3) is 0 Å². The molecule has 0 aliphatic heterocycles. The van der Waals surface area contributed by atoms with Crippen molar-refractivity contribution in [2.45, 2.75) is 51.6 Å². The number of carbonyl (C=O) groups is 1. The fourth-order valence-electron chi connectivity index (χ4n) is 2.90. The number of benzene rings is 2. The van der Waals surface area contributed by atoms with Crippen LogP contribution in [-0.2, 0) is 16.1 Å². The normalized spacial score (nSPS) is 11.0. The van der Waals surface area contributed by atoms with Crippen molar-refractivity contribution in [2.75, 3.05) is 13.2 Å². The van der Waals surface area contributed by atoms with Crippen LogP contribution in [0.25, 0.3) is 0 Å². The number of unbranched alkanes of at least 4 members (excludes halogenated alkanes) is 6. The Morgan fingerprint density at radius 1 is 0.750 bits per heavy atom. The Balaban J connectivity index is 1.34. The van der Waals surface area contributed by atoms with E-state index in [1.54, 1.807) is 12.1 Å². The first-order valence-corrected chi connectivity index (χ1v) is 10.3. The average molecular weight is 381 g/mol. The molecule has 0 saturated heterocycles. The molecule has 0 amide bonds. The third-order valence-corrected chi connectivity index (χ3v) is 4.50. The van der Waals surface area contributed by atoms with Crippen LogP contribution in [0.4, 0.5) is 0 Å². The molecule has 0 aliphatic rings. The van der Waals surface area contributed by atoms with E-state index in [2.05, 4.69) is 24.3 Å². The minimum absolute atomic E-state index is 0.222. The minimum atomic E-state index is -0.222. The molecular formula is C25H32O3. The van der Waals surface area contributed by atoms with Crippen LogP contribution in [0.5, 0.6) is 0 Å². The Morgan fingerprint density at radius 3 is 2.14 bits per heavy atom. The lowest BCUT2D eigenvalue weighted by Gasteiger charge is -2.04. The van der Waals surface area contributed by atoms with E-state index in [1.165, 1.54) is 31.2 Å². The average Bonchev–Trinajstić information content (AvgIpc) is 2.75. The molecule has 0 radical (unpaired) electrons. The first kappa shape index (κ1) is 21.9. The van der Waals surface area contributed by atoms with Gasteiger partial charge in [-0.2, -0.15) is 0 Å². The molecule has 2 aromatic rings. The SMILES string of the molecule is O=C(OCCCCCCCC/C=C/COCc1ccccc1)c1ccccc1. The van der Waals surface area contributed by atoms with Gasteiger partial charge in [0.2, 0.25) is 0 Å². The lowest BCUT2D eigenvalue weighted by molar-refractivity contribution is 0.0497.